The number of methoxy groups -OCH3 is 1. The molecule has 1 aliphatic rings. The zero-order valence-electron chi connectivity index (χ0n) is 10.6. The molecule has 0 aromatic heterocycles. The molecule has 1 fully saturated rings. The quantitative estimate of drug-likeness (QED) is 0.800. The lowest BCUT2D eigenvalue weighted by Gasteiger charge is -2.52. The minimum absolute atomic E-state index is 0.120. The Kier molecular flexibility index (Phi) is 2.86. The summed E-state index contributed by atoms with van der Waals surface area (Å²) in [6, 6.07) is 6.20. The number of benzene rings is 1. The normalized spacial score (nSPS) is 26.8. The average molecular weight is 248 g/mol. The number of anilines is 1. The summed E-state index contributed by atoms with van der Waals surface area (Å²) in [5, 5.41) is 0. The molecule has 5 nitrogen and oxygen atoms in total. The molecule has 1 aliphatic heterocycles. The second kappa shape index (κ2) is 4.10. The number of Topliss-reactive ketones (excluding diaryl/α,β-unsaturated/α-hetero) is 1. The molecule has 1 heterocycles. The lowest BCUT2D eigenvalue weighted by atomic mass is 9.77. The zero-order valence-corrected chi connectivity index (χ0v) is 10.6. The second-order valence-electron chi connectivity index (χ2n) is 4.55. The Morgan fingerprint density at radius 2 is 1.94 bits per heavy atom. The standard InChI is InChI=1S/C13H16N2O3/c1-8(16)13(2)11(14)12(17)15(13)9-4-6-10(18-3)7-5-9/h4-7,11H,14H2,1-3H3/t11-,13-/m1/s1. The molecule has 2 atom stereocenters. The monoisotopic (exact) mass is 248 g/mol. The highest BCUT2D eigenvalue weighted by Crippen LogP contribution is 2.37. The molecule has 0 aliphatic carbocycles. The molecule has 2 rings (SSSR count). The number of rotatable bonds is 3. The fourth-order valence-electron chi connectivity index (χ4n) is 2.18. The molecule has 2 N–H and O–H groups in total. The number of nitrogens with zero attached hydrogens (tertiary/aromatic N) is 1. The third-order valence-corrected chi connectivity index (χ3v) is 3.60. The lowest BCUT2D eigenvalue weighted by Crippen LogP contribution is -2.79. The van der Waals surface area contributed by atoms with E-state index in [2.05, 4.69) is 0 Å². The van der Waals surface area contributed by atoms with E-state index in [4.69, 9.17) is 10.5 Å². The number of amides is 1. The Morgan fingerprint density at radius 1 is 1.39 bits per heavy atom. The van der Waals surface area contributed by atoms with Gasteiger partial charge in [-0.1, -0.05) is 0 Å². The van der Waals surface area contributed by atoms with E-state index in [-0.39, 0.29) is 11.7 Å². The van der Waals surface area contributed by atoms with Gasteiger partial charge in [-0.25, -0.2) is 0 Å². The first-order valence-electron chi connectivity index (χ1n) is 5.67. The Bertz CT molecular complexity index is 497. The van der Waals surface area contributed by atoms with Gasteiger partial charge in [0.2, 0.25) is 5.91 Å². The minimum atomic E-state index is -0.953. The molecular formula is C13H16N2O3. The smallest absolute Gasteiger partial charge is 0.247 e. The second-order valence-corrected chi connectivity index (χ2v) is 4.55. The largest absolute Gasteiger partial charge is 0.497 e. The first-order chi connectivity index (χ1) is 8.42. The lowest BCUT2D eigenvalue weighted by molar-refractivity contribution is -0.138. The summed E-state index contributed by atoms with van der Waals surface area (Å²) in [6.07, 6.45) is 0. The van der Waals surface area contributed by atoms with Gasteiger partial charge in [0.1, 0.15) is 17.3 Å². The third-order valence-electron chi connectivity index (χ3n) is 3.60. The van der Waals surface area contributed by atoms with Crippen LogP contribution in [0, 0.1) is 0 Å². The highest BCUT2D eigenvalue weighted by atomic mass is 16.5. The molecule has 18 heavy (non-hydrogen) atoms. The van der Waals surface area contributed by atoms with Crippen LogP contribution < -0.4 is 15.4 Å². The molecule has 5 heteroatoms. The van der Waals surface area contributed by atoms with E-state index < -0.39 is 11.6 Å². The maximum absolute atomic E-state index is 11.9. The highest BCUT2D eigenvalue weighted by molar-refractivity contribution is 6.17. The van der Waals surface area contributed by atoms with Crippen molar-refractivity contribution >= 4 is 17.4 Å². The summed E-state index contributed by atoms with van der Waals surface area (Å²) in [7, 11) is 1.57. The first-order valence-corrected chi connectivity index (χ1v) is 5.67. The van der Waals surface area contributed by atoms with Crippen LogP contribution in [-0.4, -0.2) is 30.4 Å². The van der Waals surface area contributed by atoms with Crippen LogP contribution in [0.15, 0.2) is 24.3 Å². The number of ketones is 1. The van der Waals surface area contributed by atoms with Crippen molar-refractivity contribution in [3.8, 4) is 5.75 Å². The highest BCUT2D eigenvalue weighted by Gasteiger charge is 2.59. The van der Waals surface area contributed by atoms with Crippen LogP contribution in [0.4, 0.5) is 5.69 Å². The Balaban J connectivity index is 2.37. The molecule has 0 saturated carbocycles. The molecule has 96 valence electrons. The van der Waals surface area contributed by atoms with Crippen molar-refractivity contribution < 1.29 is 14.3 Å². The zero-order chi connectivity index (χ0) is 13.5. The van der Waals surface area contributed by atoms with Crippen LogP contribution in [0.5, 0.6) is 5.75 Å². The summed E-state index contributed by atoms with van der Waals surface area (Å²) in [6.45, 7) is 3.13. The summed E-state index contributed by atoms with van der Waals surface area (Å²) in [5.41, 5.74) is 5.45. The molecular weight excluding hydrogens is 232 g/mol. The van der Waals surface area contributed by atoms with Crippen LogP contribution in [0.2, 0.25) is 0 Å². The Morgan fingerprint density at radius 3 is 2.39 bits per heavy atom. The van der Waals surface area contributed by atoms with Crippen molar-refractivity contribution in [2.24, 2.45) is 5.73 Å². The van der Waals surface area contributed by atoms with Gasteiger partial charge >= 0.3 is 0 Å². The van der Waals surface area contributed by atoms with Gasteiger partial charge in [0, 0.05) is 5.69 Å². The van der Waals surface area contributed by atoms with Gasteiger partial charge < -0.3 is 10.5 Å². The summed E-state index contributed by atoms with van der Waals surface area (Å²) < 4.78 is 5.05. The Labute approximate surface area is 106 Å². The van der Waals surface area contributed by atoms with Gasteiger partial charge in [0.15, 0.2) is 5.78 Å². The molecule has 0 bridgehead atoms. The van der Waals surface area contributed by atoms with E-state index in [1.807, 2.05) is 0 Å². The average Bonchev–Trinajstić information content (AvgIpc) is 2.38. The number of ether oxygens (including phenoxy) is 1. The van der Waals surface area contributed by atoms with Gasteiger partial charge in [0.05, 0.1) is 7.11 Å². The van der Waals surface area contributed by atoms with Gasteiger partial charge in [-0.05, 0) is 38.1 Å². The number of hydrogen-bond acceptors (Lipinski definition) is 4. The van der Waals surface area contributed by atoms with Crippen molar-refractivity contribution in [2.45, 2.75) is 25.4 Å². The van der Waals surface area contributed by atoms with Crippen molar-refractivity contribution in [1.29, 1.82) is 0 Å². The van der Waals surface area contributed by atoms with E-state index in [1.54, 1.807) is 38.3 Å². The van der Waals surface area contributed by atoms with Crippen LogP contribution in [0.3, 0.4) is 0 Å². The molecule has 1 amide bonds. The molecule has 0 unspecified atom stereocenters. The number of hydrogen-bond donors (Lipinski definition) is 1. The van der Waals surface area contributed by atoms with Crippen LogP contribution >= 0.6 is 0 Å². The maximum Gasteiger partial charge on any atom is 0.247 e. The SMILES string of the molecule is COc1ccc(N2C(=O)[C@@H](N)[C@@]2(C)C(C)=O)cc1. The predicted molar refractivity (Wildman–Crippen MR) is 67.5 cm³/mol. The van der Waals surface area contributed by atoms with E-state index in [9.17, 15) is 9.59 Å². The van der Waals surface area contributed by atoms with Gasteiger partial charge in [-0.15, -0.1) is 0 Å². The predicted octanol–water partition coefficient (Wildman–Crippen LogP) is 0.717. The van der Waals surface area contributed by atoms with Gasteiger partial charge in [-0.2, -0.15) is 0 Å². The fourth-order valence-corrected chi connectivity index (χ4v) is 2.18. The molecule has 1 aromatic carbocycles. The van der Waals surface area contributed by atoms with Crippen LogP contribution in [0.1, 0.15) is 13.8 Å². The number of nitrogens with two attached hydrogens (primary N) is 1. The van der Waals surface area contributed by atoms with Crippen LogP contribution in [0.25, 0.3) is 0 Å². The third kappa shape index (κ3) is 1.51. The van der Waals surface area contributed by atoms with E-state index in [0.717, 1.165) is 0 Å². The number of carbonyl (C=O) groups excluding carboxylic acids is 2. The topological polar surface area (TPSA) is 72.6 Å². The number of carbonyl (C=O) groups is 2. The van der Waals surface area contributed by atoms with Crippen molar-refractivity contribution in [2.75, 3.05) is 12.0 Å². The van der Waals surface area contributed by atoms with E-state index in [1.165, 1.54) is 11.8 Å². The fraction of sp³-hybridized carbons (Fsp3) is 0.385. The van der Waals surface area contributed by atoms with E-state index in [0.29, 0.717) is 11.4 Å². The first kappa shape index (κ1) is 12.6. The van der Waals surface area contributed by atoms with Crippen molar-refractivity contribution in [3.63, 3.8) is 0 Å². The molecule has 0 spiro atoms. The summed E-state index contributed by atoms with van der Waals surface area (Å²) >= 11 is 0. The van der Waals surface area contributed by atoms with Gasteiger partial charge in [-0.3, -0.25) is 14.5 Å². The maximum atomic E-state index is 11.9. The Hall–Kier alpha value is -1.88. The van der Waals surface area contributed by atoms with E-state index >= 15 is 0 Å². The summed E-state index contributed by atoms with van der Waals surface area (Å²) in [5.74, 6) is 0.337. The molecule has 1 aromatic rings. The summed E-state index contributed by atoms with van der Waals surface area (Å²) in [4.78, 5) is 25.0. The van der Waals surface area contributed by atoms with Crippen molar-refractivity contribution in [1.82, 2.24) is 0 Å². The van der Waals surface area contributed by atoms with Crippen molar-refractivity contribution in [3.05, 3.63) is 24.3 Å². The number of β-lactam (4-membered cyclic amide) rings is 1. The minimum Gasteiger partial charge on any atom is -0.497 e. The molecule has 0 radical (unpaired) electrons. The van der Waals surface area contributed by atoms with Crippen LogP contribution in [-0.2, 0) is 9.59 Å². The molecule has 1 saturated heterocycles. The van der Waals surface area contributed by atoms with Gasteiger partial charge in [0.25, 0.3) is 0 Å².